The molecule has 32 heavy (non-hydrogen) atoms. The van der Waals surface area contributed by atoms with Gasteiger partial charge in [0.25, 0.3) is 11.6 Å². The number of nitro benzene ring substituents is 1. The maximum atomic E-state index is 12.8. The van der Waals surface area contributed by atoms with E-state index in [0.29, 0.717) is 27.2 Å². The molecule has 0 saturated carbocycles. The Kier molecular flexibility index (Phi) is 6.16. The molecule has 7 nitrogen and oxygen atoms in total. The lowest BCUT2D eigenvalue weighted by Gasteiger charge is -2.07. The summed E-state index contributed by atoms with van der Waals surface area (Å²) in [7, 11) is 1.50. The van der Waals surface area contributed by atoms with Crippen LogP contribution in [0.5, 0.6) is 5.75 Å². The van der Waals surface area contributed by atoms with Gasteiger partial charge in [0.15, 0.2) is 5.13 Å². The molecular weight excluding hydrogens is 450 g/mol. The molecule has 1 aromatic heterocycles. The Balaban J connectivity index is 1.74. The molecule has 4 aromatic rings. The number of halogens is 1. The van der Waals surface area contributed by atoms with Crippen molar-refractivity contribution in [3.8, 4) is 27.4 Å². The number of ether oxygens (including phenoxy) is 1. The summed E-state index contributed by atoms with van der Waals surface area (Å²) in [4.78, 5) is 28.8. The zero-order valence-corrected chi connectivity index (χ0v) is 18.3. The number of non-ortho nitro benzene ring substituents is 1. The number of hydrogen-bond donors (Lipinski definition) is 1. The van der Waals surface area contributed by atoms with E-state index in [1.165, 1.54) is 30.6 Å². The average Bonchev–Trinajstić information content (AvgIpc) is 3.23. The minimum Gasteiger partial charge on any atom is -0.496 e. The Labute approximate surface area is 192 Å². The van der Waals surface area contributed by atoms with Crippen molar-refractivity contribution < 1.29 is 14.5 Å². The lowest BCUT2D eigenvalue weighted by atomic mass is 10.1. The number of carbonyl (C=O) groups excluding carboxylic acids is 1. The smallest absolute Gasteiger partial charge is 0.269 e. The fraction of sp³-hybridized carbons (Fsp3) is 0.0435. The van der Waals surface area contributed by atoms with Gasteiger partial charge in [0, 0.05) is 22.7 Å². The maximum Gasteiger partial charge on any atom is 0.269 e. The molecule has 9 heteroatoms. The minimum absolute atomic E-state index is 0.00370. The van der Waals surface area contributed by atoms with Crippen LogP contribution in [0.2, 0.25) is 5.02 Å². The van der Waals surface area contributed by atoms with E-state index in [2.05, 4.69) is 10.3 Å². The van der Waals surface area contributed by atoms with E-state index in [1.54, 1.807) is 48.5 Å². The van der Waals surface area contributed by atoms with E-state index in [0.717, 1.165) is 16.0 Å². The number of nitrogens with zero attached hydrogens (tertiary/aromatic N) is 2. The van der Waals surface area contributed by atoms with Crippen molar-refractivity contribution in [1.82, 2.24) is 4.98 Å². The highest BCUT2D eigenvalue weighted by atomic mass is 35.5. The summed E-state index contributed by atoms with van der Waals surface area (Å²) in [5.41, 5.74) is 2.56. The molecule has 0 spiro atoms. The first kappa shape index (κ1) is 21.5. The third-order valence-corrected chi connectivity index (χ3v) is 5.93. The standard InChI is InChI=1S/C23H16ClN3O4S/c1-31-19-5-3-2-4-18(19)22(28)26-23-25-20(14-6-10-16(24)11-7-14)21(32-23)15-8-12-17(13-9-15)27(29)30/h2-13H,1H3,(H,25,26,28). The highest BCUT2D eigenvalue weighted by Gasteiger charge is 2.19. The Morgan fingerprint density at radius 2 is 1.69 bits per heavy atom. The quantitative estimate of drug-likeness (QED) is 0.266. The van der Waals surface area contributed by atoms with Crippen molar-refractivity contribution in [2.24, 2.45) is 0 Å². The Hall–Kier alpha value is -3.75. The van der Waals surface area contributed by atoms with Crippen molar-refractivity contribution in [3.05, 3.63) is 93.5 Å². The number of amides is 1. The zero-order valence-electron chi connectivity index (χ0n) is 16.7. The molecule has 160 valence electrons. The van der Waals surface area contributed by atoms with Crippen molar-refractivity contribution in [2.45, 2.75) is 0 Å². The Morgan fingerprint density at radius 3 is 2.34 bits per heavy atom. The predicted octanol–water partition coefficient (Wildman–Crippen LogP) is 6.30. The molecule has 1 amide bonds. The monoisotopic (exact) mass is 465 g/mol. The van der Waals surface area contributed by atoms with E-state index in [1.807, 2.05) is 12.1 Å². The second kappa shape index (κ2) is 9.17. The van der Waals surface area contributed by atoms with Gasteiger partial charge in [-0.1, -0.05) is 47.2 Å². The number of carbonyl (C=O) groups is 1. The fourth-order valence-corrected chi connectivity index (χ4v) is 4.22. The predicted molar refractivity (Wildman–Crippen MR) is 126 cm³/mol. The van der Waals surface area contributed by atoms with E-state index < -0.39 is 4.92 Å². The summed E-state index contributed by atoms with van der Waals surface area (Å²) >= 11 is 7.30. The third kappa shape index (κ3) is 4.46. The van der Waals surface area contributed by atoms with Crippen molar-refractivity contribution in [3.63, 3.8) is 0 Å². The van der Waals surface area contributed by atoms with Gasteiger partial charge in [0.05, 0.1) is 28.2 Å². The number of aromatic nitrogens is 1. The summed E-state index contributed by atoms with van der Waals surface area (Å²) in [6, 6.07) is 20.3. The van der Waals surface area contributed by atoms with E-state index in [-0.39, 0.29) is 11.6 Å². The van der Waals surface area contributed by atoms with Crippen LogP contribution in [0.25, 0.3) is 21.7 Å². The number of hydrogen-bond acceptors (Lipinski definition) is 6. The summed E-state index contributed by atoms with van der Waals surface area (Å²) in [5.74, 6) is 0.101. The molecule has 1 N–H and O–H groups in total. The van der Waals surface area contributed by atoms with E-state index in [9.17, 15) is 14.9 Å². The van der Waals surface area contributed by atoms with Crippen LogP contribution in [0.4, 0.5) is 10.8 Å². The molecule has 0 atom stereocenters. The second-order valence-electron chi connectivity index (χ2n) is 6.66. The maximum absolute atomic E-state index is 12.8. The van der Waals surface area contributed by atoms with Gasteiger partial charge in [-0.05, 0) is 42.0 Å². The van der Waals surface area contributed by atoms with Gasteiger partial charge in [0.2, 0.25) is 0 Å². The molecule has 1 heterocycles. The van der Waals surface area contributed by atoms with Crippen LogP contribution in [0.15, 0.2) is 72.8 Å². The number of benzene rings is 3. The summed E-state index contributed by atoms with van der Waals surface area (Å²) in [5, 5.41) is 14.8. The first-order valence-corrected chi connectivity index (χ1v) is 10.6. The molecule has 0 bridgehead atoms. The summed E-state index contributed by atoms with van der Waals surface area (Å²) in [6.45, 7) is 0. The summed E-state index contributed by atoms with van der Waals surface area (Å²) in [6.07, 6.45) is 0. The SMILES string of the molecule is COc1ccccc1C(=O)Nc1nc(-c2ccc(Cl)cc2)c(-c2ccc([N+](=O)[O-])cc2)s1. The molecule has 0 aliphatic rings. The first-order chi connectivity index (χ1) is 15.5. The van der Waals surface area contributed by atoms with Crippen LogP contribution in [-0.2, 0) is 0 Å². The van der Waals surface area contributed by atoms with Crippen LogP contribution in [-0.4, -0.2) is 22.9 Å². The van der Waals surface area contributed by atoms with Crippen molar-refractivity contribution in [1.29, 1.82) is 0 Å². The number of para-hydroxylation sites is 1. The molecule has 0 aliphatic heterocycles. The lowest BCUT2D eigenvalue weighted by Crippen LogP contribution is -2.12. The van der Waals surface area contributed by atoms with E-state index >= 15 is 0 Å². The van der Waals surface area contributed by atoms with Crippen molar-refractivity contribution >= 4 is 39.7 Å². The molecule has 0 unspecified atom stereocenters. The number of anilines is 1. The first-order valence-electron chi connectivity index (χ1n) is 9.42. The second-order valence-corrected chi connectivity index (χ2v) is 8.10. The molecule has 0 saturated heterocycles. The van der Waals surface area contributed by atoms with Crippen LogP contribution < -0.4 is 10.1 Å². The zero-order chi connectivity index (χ0) is 22.7. The van der Waals surface area contributed by atoms with Gasteiger partial charge in [-0.2, -0.15) is 0 Å². The molecular formula is C23H16ClN3O4S. The average molecular weight is 466 g/mol. The number of rotatable bonds is 6. The molecule has 0 fully saturated rings. The molecule has 4 rings (SSSR count). The highest BCUT2D eigenvalue weighted by Crippen LogP contribution is 2.40. The fourth-order valence-electron chi connectivity index (χ4n) is 3.10. The highest BCUT2D eigenvalue weighted by molar-refractivity contribution is 7.19. The normalized spacial score (nSPS) is 10.6. The van der Waals surface area contributed by atoms with Gasteiger partial charge < -0.3 is 4.74 Å². The number of nitrogens with one attached hydrogen (secondary N) is 1. The number of thiazole rings is 1. The lowest BCUT2D eigenvalue weighted by molar-refractivity contribution is -0.384. The Morgan fingerprint density at radius 1 is 1.03 bits per heavy atom. The molecule has 3 aromatic carbocycles. The van der Waals surface area contributed by atoms with Gasteiger partial charge in [-0.3, -0.25) is 20.2 Å². The third-order valence-electron chi connectivity index (χ3n) is 4.66. The topological polar surface area (TPSA) is 94.4 Å². The van der Waals surface area contributed by atoms with Gasteiger partial charge >= 0.3 is 0 Å². The minimum atomic E-state index is -0.449. The van der Waals surface area contributed by atoms with Crippen LogP contribution >= 0.6 is 22.9 Å². The molecule has 0 aliphatic carbocycles. The van der Waals surface area contributed by atoms with Crippen molar-refractivity contribution in [2.75, 3.05) is 12.4 Å². The van der Waals surface area contributed by atoms with Crippen LogP contribution in [0, 0.1) is 10.1 Å². The number of nitro groups is 1. The van der Waals surface area contributed by atoms with Crippen LogP contribution in [0.3, 0.4) is 0 Å². The van der Waals surface area contributed by atoms with Gasteiger partial charge in [-0.15, -0.1) is 0 Å². The molecule has 0 radical (unpaired) electrons. The van der Waals surface area contributed by atoms with Gasteiger partial charge in [0.1, 0.15) is 5.75 Å². The largest absolute Gasteiger partial charge is 0.496 e. The van der Waals surface area contributed by atoms with Gasteiger partial charge in [-0.25, -0.2) is 4.98 Å². The van der Waals surface area contributed by atoms with E-state index in [4.69, 9.17) is 16.3 Å². The Bertz CT molecular complexity index is 1290. The van der Waals surface area contributed by atoms with Crippen LogP contribution in [0.1, 0.15) is 10.4 Å². The summed E-state index contributed by atoms with van der Waals surface area (Å²) < 4.78 is 5.27. The number of methoxy groups -OCH3 is 1.